The summed E-state index contributed by atoms with van der Waals surface area (Å²) in [5, 5.41) is 4.72. The third-order valence-corrected chi connectivity index (χ3v) is 6.03. The Labute approximate surface area is 164 Å². The molecular formula is C20H24N2O2S2. The van der Waals surface area contributed by atoms with Gasteiger partial charge < -0.3 is 15.0 Å². The molecule has 1 fully saturated rings. The second-order valence-electron chi connectivity index (χ2n) is 6.99. The standard InChI is InChI=1S/C20H24N2O2S2/c1-13-9-14(2)12-22(11-13)20(25)21-18-16(19(23)24-3)10-17(26-18)15-7-5-4-6-8-15/h4-8,10,13-14H,9,11-12H2,1-3H3,(H,21,25)/t13-,14-/m0/s1. The largest absolute Gasteiger partial charge is 0.465 e. The zero-order valence-electron chi connectivity index (χ0n) is 15.3. The van der Waals surface area contributed by atoms with Gasteiger partial charge in [0, 0.05) is 18.0 Å². The van der Waals surface area contributed by atoms with Crippen LogP contribution in [-0.2, 0) is 4.74 Å². The number of hydrogen-bond acceptors (Lipinski definition) is 4. The Morgan fingerprint density at radius 3 is 2.50 bits per heavy atom. The minimum absolute atomic E-state index is 0.353. The lowest BCUT2D eigenvalue weighted by atomic mass is 9.92. The van der Waals surface area contributed by atoms with Crippen molar-refractivity contribution in [2.45, 2.75) is 20.3 Å². The zero-order chi connectivity index (χ0) is 18.7. The summed E-state index contributed by atoms with van der Waals surface area (Å²) in [5.74, 6) is 0.873. The van der Waals surface area contributed by atoms with Gasteiger partial charge >= 0.3 is 5.97 Å². The topological polar surface area (TPSA) is 41.6 Å². The van der Waals surface area contributed by atoms with Gasteiger partial charge in [0.05, 0.1) is 12.7 Å². The molecule has 6 heteroatoms. The molecule has 0 saturated carbocycles. The number of hydrogen-bond donors (Lipinski definition) is 1. The van der Waals surface area contributed by atoms with Gasteiger partial charge in [0.15, 0.2) is 5.11 Å². The highest BCUT2D eigenvalue weighted by Gasteiger charge is 2.25. The smallest absolute Gasteiger partial charge is 0.340 e. The summed E-state index contributed by atoms with van der Waals surface area (Å²) in [6.45, 7) is 6.40. The van der Waals surface area contributed by atoms with E-state index in [0.717, 1.165) is 28.5 Å². The number of thiophene rings is 1. The first-order valence-corrected chi connectivity index (χ1v) is 10.0. The zero-order valence-corrected chi connectivity index (χ0v) is 17.0. The average Bonchev–Trinajstić information content (AvgIpc) is 3.04. The van der Waals surface area contributed by atoms with E-state index in [-0.39, 0.29) is 5.97 Å². The number of esters is 1. The molecule has 0 spiro atoms. The van der Waals surface area contributed by atoms with Crippen LogP contribution in [0.4, 0.5) is 5.00 Å². The molecule has 138 valence electrons. The van der Waals surface area contributed by atoms with E-state index in [0.29, 0.717) is 22.5 Å². The Balaban J connectivity index is 1.85. The van der Waals surface area contributed by atoms with Crippen LogP contribution in [0.15, 0.2) is 36.4 Å². The summed E-state index contributed by atoms with van der Waals surface area (Å²) in [7, 11) is 1.40. The summed E-state index contributed by atoms with van der Waals surface area (Å²) < 4.78 is 4.96. The number of carbonyl (C=O) groups is 1. The van der Waals surface area contributed by atoms with Gasteiger partial charge in [0.25, 0.3) is 0 Å². The number of nitrogens with one attached hydrogen (secondary N) is 1. The summed E-state index contributed by atoms with van der Waals surface area (Å²) in [6, 6.07) is 11.9. The molecule has 2 heterocycles. The van der Waals surface area contributed by atoms with Crippen molar-refractivity contribution in [3.63, 3.8) is 0 Å². The molecule has 1 aromatic carbocycles. The Morgan fingerprint density at radius 2 is 1.88 bits per heavy atom. The average molecular weight is 389 g/mol. The van der Waals surface area contributed by atoms with Crippen molar-refractivity contribution >= 4 is 39.6 Å². The van der Waals surface area contributed by atoms with Crippen LogP contribution in [0.2, 0.25) is 0 Å². The van der Waals surface area contributed by atoms with Gasteiger partial charge in [-0.1, -0.05) is 44.2 Å². The fourth-order valence-electron chi connectivity index (χ4n) is 3.50. The first-order chi connectivity index (χ1) is 12.5. The fraction of sp³-hybridized carbons (Fsp3) is 0.400. The number of carbonyl (C=O) groups excluding carboxylic acids is 1. The van der Waals surface area contributed by atoms with E-state index >= 15 is 0 Å². The summed E-state index contributed by atoms with van der Waals surface area (Å²) in [4.78, 5) is 15.4. The molecule has 0 unspecified atom stereocenters. The predicted octanol–water partition coefficient (Wildman–Crippen LogP) is 4.88. The predicted molar refractivity (Wildman–Crippen MR) is 112 cm³/mol. The molecule has 4 nitrogen and oxygen atoms in total. The van der Waals surface area contributed by atoms with Gasteiger partial charge in [-0.3, -0.25) is 0 Å². The number of nitrogens with zero attached hydrogens (tertiary/aromatic N) is 1. The van der Waals surface area contributed by atoms with E-state index in [1.165, 1.54) is 24.9 Å². The quantitative estimate of drug-likeness (QED) is 0.600. The molecule has 2 atom stereocenters. The molecule has 1 aromatic heterocycles. The molecule has 26 heavy (non-hydrogen) atoms. The van der Waals surface area contributed by atoms with E-state index in [9.17, 15) is 4.79 Å². The van der Waals surface area contributed by atoms with Gasteiger partial charge in [0.1, 0.15) is 5.00 Å². The maximum absolute atomic E-state index is 12.2. The number of methoxy groups -OCH3 is 1. The van der Waals surface area contributed by atoms with Crippen molar-refractivity contribution in [1.29, 1.82) is 0 Å². The van der Waals surface area contributed by atoms with E-state index in [4.69, 9.17) is 17.0 Å². The second-order valence-corrected chi connectivity index (χ2v) is 8.43. The fourth-order valence-corrected chi connectivity index (χ4v) is 4.86. The van der Waals surface area contributed by atoms with Crippen molar-refractivity contribution in [2.75, 3.05) is 25.5 Å². The van der Waals surface area contributed by atoms with Crippen LogP contribution in [0.1, 0.15) is 30.6 Å². The van der Waals surface area contributed by atoms with Crippen LogP contribution in [0.25, 0.3) is 10.4 Å². The molecule has 0 bridgehead atoms. The molecule has 0 amide bonds. The Morgan fingerprint density at radius 1 is 1.23 bits per heavy atom. The van der Waals surface area contributed by atoms with Crippen LogP contribution in [-0.4, -0.2) is 36.2 Å². The van der Waals surface area contributed by atoms with E-state index in [1.807, 2.05) is 36.4 Å². The van der Waals surface area contributed by atoms with Gasteiger partial charge in [-0.25, -0.2) is 4.79 Å². The number of thiocarbonyl (C=S) groups is 1. The molecule has 1 aliphatic rings. The maximum atomic E-state index is 12.2. The molecule has 1 N–H and O–H groups in total. The van der Waals surface area contributed by atoms with Crippen molar-refractivity contribution in [3.05, 3.63) is 42.0 Å². The Bertz CT molecular complexity index is 778. The van der Waals surface area contributed by atoms with E-state index < -0.39 is 0 Å². The summed E-state index contributed by atoms with van der Waals surface area (Å²) >= 11 is 7.16. The summed E-state index contributed by atoms with van der Waals surface area (Å²) in [6.07, 6.45) is 1.23. The lowest BCUT2D eigenvalue weighted by Gasteiger charge is -2.36. The highest BCUT2D eigenvalue weighted by molar-refractivity contribution is 7.80. The highest BCUT2D eigenvalue weighted by atomic mass is 32.1. The molecule has 3 rings (SSSR count). The van der Waals surface area contributed by atoms with Crippen molar-refractivity contribution in [2.24, 2.45) is 11.8 Å². The van der Waals surface area contributed by atoms with Crippen LogP contribution >= 0.6 is 23.6 Å². The molecule has 0 aliphatic carbocycles. The molecule has 1 aliphatic heterocycles. The maximum Gasteiger partial charge on any atom is 0.340 e. The number of anilines is 1. The minimum atomic E-state index is -0.353. The van der Waals surface area contributed by atoms with Gasteiger partial charge in [-0.15, -0.1) is 11.3 Å². The molecule has 2 aromatic rings. The number of benzene rings is 1. The third kappa shape index (κ3) is 4.24. The van der Waals surface area contributed by atoms with Crippen LogP contribution in [0, 0.1) is 11.8 Å². The highest BCUT2D eigenvalue weighted by Crippen LogP contribution is 2.36. The van der Waals surface area contributed by atoms with Crippen LogP contribution in [0.5, 0.6) is 0 Å². The van der Waals surface area contributed by atoms with Crippen molar-refractivity contribution < 1.29 is 9.53 Å². The number of likely N-dealkylation sites (tertiary alicyclic amines) is 1. The van der Waals surface area contributed by atoms with Gasteiger partial charge in [0.2, 0.25) is 0 Å². The Kier molecular flexibility index (Phi) is 5.94. The third-order valence-electron chi connectivity index (χ3n) is 4.57. The monoisotopic (exact) mass is 388 g/mol. The normalized spacial score (nSPS) is 19.9. The van der Waals surface area contributed by atoms with E-state index in [2.05, 4.69) is 24.1 Å². The van der Waals surface area contributed by atoms with Gasteiger partial charge in [-0.2, -0.15) is 0 Å². The van der Waals surface area contributed by atoms with Crippen molar-refractivity contribution in [1.82, 2.24) is 4.90 Å². The van der Waals surface area contributed by atoms with Gasteiger partial charge in [-0.05, 0) is 42.1 Å². The Hall–Kier alpha value is -1.92. The number of ether oxygens (including phenoxy) is 1. The molecular weight excluding hydrogens is 364 g/mol. The molecule has 0 radical (unpaired) electrons. The SMILES string of the molecule is COC(=O)c1cc(-c2ccccc2)sc1NC(=S)N1C[C@@H](C)C[C@H](C)C1. The first-order valence-electron chi connectivity index (χ1n) is 8.81. The first kappa shape index (κ1) is 18.9. The van der Waals surface area contributed by atoms with Crippen molar-refractivity contribution in [3.8, 4) is 10.4 Å². The number of rotatable bonds is 3. The van der Waals surface area contributed by atoms with E-state index in [1.54, 1.807) is 0 Å². The molecule has 1 saturated heterocycles. The second kappa shape index (κ2) is 8.18. The minimum Gasteiger partial charge on any atom is -0.465 e. The van der Waals surface area contributed by atoms with Crippen LogP contribution < -0.4 is 5.32 Å². The summed E-state index contributed by atoms with van der Waals surface area (Å²) in [5.41, 5.74) is 1.60. The number of piperidine rings is 1. The lowest BCUT2D eigenvalue weighted by molar-refractivity contribution is 0.0602. The van der Waals surface area contributed by atoms with Crippen LogP contribution in [0.3, 0.4) is 0 Å². The lowest BCUT2D eigenvalue weighted by Crippen LogP contribution is -2.44.